The van der Waals surface area contributed by atoms with Crippen molar-refractivity contribution in [3.8, 4) is 0 Å². The molecule has 0 spiro atoms. The zero-order valence-corrected chi connectivity index (χ0v) is 10.2. The molecule has 1 rings (SSSR count). The molecular formula is C12H22N2O. The van der Waals surface area contributed by atoms with E-state index in [1.54, 1.807) is 6.92 Å². The summed E-state index contributed by atoms with van der Waals surface area (Å²) in [6, 6.07) is -0.380. The van der Waals surface area contributed by atoms with Crippen molar-refractivity contribution >= 4 is 5.91 Å². The Morgan fingerprint density at radius 1 is 1.53 bits per heavy atom. The van der Waals surface area contributed by atoms with Crippen LogP contribution in [0.3, 0.4) is 0 Å². The molecule has 0 saturated carbocycles. The molecule has 3 heteroatoms. The first kappa shape index (κ1) is 12.2. The van der Waals surface area contributed by atoms with Gasteiger partial charge in [-0.05, 0) is 18.8 Å². The molecule has 15 heavy (non-hydrogen) atoms. The van der Waals surface area contributed by atoms with Gasteiger partial charge in [0.05, 0.1) is 6.04 Å². The van der Waals surface area contributed by atoms with Gasteiger partial charge in [-0.3, -0.25) is 4.79 Å². The third-order valence-electron chi connectivity index (χ3n) is 2.87. The van der Waals surface area contributed by atoms with E-state index in [0.717, 1.165) is 13.0 Å². The maximum absolute atomic E-state index is 11.6. The van der Waals surface area contributed by atoms with Crippen LogP contribution in [0.2, 0.25) is 0 Å². The van der Waals surface area contributed by atoms with Crippen LogP contribution >= 0.6 is 0 Å². The number of hydrogen-bond donors (Lipinski definition) is 1. The molecule has 1 aliphatic rings. The lowest BCUT2D eigenvalue weighted by Gasteiger charge is -2.32. The van der Waals surface area contributed by atoms with E-state index in [-0.39, 0.29) is 17.4 Å². The van der Waals surface area contributed by atoms with Gasteiger partial charge in [-0.2, -0.15) is 0 Å². The van der Waals surface area contributed by atoms with Crippen molar-refractivity contribution in [3.63, 3.8) is 0 Å². The molecule has 1 heterocycles. The zero-order chi connectivity index (χ0) is 11.6. The number of nitrogens with zero attached hydrogens (tertiary/aromatic N) is 1. The molecule has 0 fully saturated rings. The van der Waals surface area contributed by atoms with Crippen molar-refractivity contribution in [2.45, 2.75) is 40.2 Å². The van der Waals surface area contributed by atoms with Gasteiger partial charge in [-0.1, -0.05) is 32.4 Å². The van der Waals surface area contributed by atoms with Crippen molar-refractivity contribution in [2.75, 3.05) is 13.1 Å². The average Bonchev–Trinajstić information content (AvgIpc) is 2.15. The van der Waals surface area contributed by atoms with Gasteiger partial charge in [-0.25, -0.2) is 0 Å². The van der Waals surface area contributed by atoms with E-state index in [4.69, 9.17) is 5.73 Å². The Morgan fingerprint density at radius 2 is 2.13 bits per heavy atom. The fourth-order valence-electron chi connectivity index (χ4n) is 1.84. The van der Waals surface area contributed by atoms with Crippen molar-refractivity contribution < 1.29 is 4.79 Å². The van der Waals surface area contributed by atoms with Crippen molar-refractivity contribution in [1.82, 2.24) is 4.90 Å². The first-order valence-corrected chi connectivity index (χ1v) is 5.56. The molecule has 1 atom stereocenters. The first-order valence-electron chi connectivity index (χ1n) is 5.56. The summed E-state index contributed by atoms with van der Waals surface area (Å²) >= 11 is 0. The standard InChI is InChI=1S/C12H22N2O/c1-9(13)11(15)14-7-5-10(6-8-14)12(2,3)4/h5,9H,6-8,13H2,1-4H3/t9-/m0/s1. The quantitative estimate of drug-likeness (QED) is 0.667. The number of hydrogen-bond acceptors (Lipinski definition) is 2. The third kappa shape index (κ3) is 3.06. The number of rotatable bonds is 1. The topological polar surface area (TPSA) is 46.3 Å². The second-order valence-electron chi connectivity index (χ2n) is 5.30. The van der Waals surface area contributed by atoms with Gasteiger partial charge in [0.15, 0.2) is 0 Å². The number of amides is 1. The lowest BCUT2D eigenvalue weighted by atomic mass is 9.83. The monoisotopic (exact) mass is 210 g/mol. The number of carbonyl (C=O) groups is 1. The Hall–Kier alpha value is -0.830. The smallest absolute Gasteiger partial charge is 0.239 e. The predicted molar refractivity (Wildman–Crippen MR) is 62.4 cm³/mol. The minimum atomic E-state index is -0.380. The third-order valence-corrected chi connectivity index (χ3v) is 2.87. The maximum atomic E-state index is 11.6. The number of nitrogens with two attached hydrogens (primary N) is 1. The van der Waals surface area contributed by atoms with Crippen LogP contribution in [0, 0.1) is 5.41 Å². The Morgan fingerprint density at radius 3 is 2.47 bits per heavy atom. The van der Waals surface area contributed by atoms with Crippen LogP contribution in [0.5, 0.6) is 0 Å². The van der Waals surface area contributed by atoms with E-state index in [0.29, 0.717) is 6.54 Å². The SMILES string of the molecule is C[C@H](N)C(=O)N1CC=C(C(C)(C)C)CC1. The molecule has 0 aromatic heterocycles. The summed E-state index contributed by atoms with van der Waals surface area (Å²) < 4.78 is 0. The Labute approximate surface area is 92.3 Å². The van der Waals surface area contributed by atoms with Gasteiger partial charge < -0.3 is 10.6 Å². The van der Waals surface area contributed by atoms with Gasteiger partial charge in [0, 0.05) is 13.1 Å². The van der Waals surface area contributed by atoms with Crippen LogP contribution in [-0.2, 0) is 4.79 Å². The summed E-state index contributed by atoms with van der Waals surface area (Å²) in [4.78, 5) is 13.5. The molecule has 1 amide bonds. The minimum Gasteiger partial charge on any atom is -0.337 e. The van der Waals surface area contributed by atoms with E-state index in [2.05, 4.69) is 26.8 Å². The summed E-state index contributed by atoms with van der Waals surface area (Å²) in [5.41, 5.74) is 7.24. The maximum Gasteiger partial charge on any atom is 0.239 e. The predicted octanol–water partition coefficient (Wildman–Crippen LogP) is 1.54. The normalized spacial score (nSPS) is 19.8. The molecule has 0 bridgehead atoms. The largest absolute Gasteiger partial charge is 0.337 e. The molecule has 0 unspecified atom stereocenters. The fourth-order valence-corrected chi connectivity index (χ4v) is 1.84. The zero-order valence-electron chi connectivity index (χ0n) is 10.2. The highest BCUT2D eigenvalue weighted by Crippen LogP contribution is 2.30. The summed E-state index contributed by atoms with van der Waals surface area (Å²) in [5.74, 6) is 0.0548. The van der Waals surface area contributed by atoms with Gasteiger partial charge in [0.2, 0.25) is 5.91 Å². The second-order valence-corrected chi connectivity index (χ2v) is 5.30. The Kier molecular flexibility index (Phi) is 3.55. The summed E-state index contributed by atoms with van der Waals surface area (Å²) in [5, 5.41) is 0. The highest BCUT2D eigenvalue weighted by Gasteiger charge is 2.24. The van der Waals surface area contributed by atoms with E-state index >= 15 is 0 Å². The highest BCUT2D eigenvalue weighted by molar-refractivity contribution is 5.81. The van der Waals surface area contributed by atoms with Crippen LogP contribution in [-0.4, -0.2) is 29.9 Å². The van der Waals surface area contributed by atoms with E-state index in [1.165, 1.54) is 5.57 Å². The van der Waals surface area contributed by atoms with Crippen LogP contribution < -0.4 is 5.73 Å². The second kappa shape index (κ2) is 4.35. The van der Waals surface area contributed by atoms with Crippen molar-refractivity contribution in [1.29, 1.82) is 0 Å². The molecule has 0 aliphatic carbocycles. The first-order chi connectivity index (χ1) is 6.82. The van der Waals surface area contributed by atoms with Gasteiger partial charge in [0.25, 0.3) is 0 Å². The Balaban J connectivity index is 2.62. The van der Waals surface area contributed by atoms with E-state index < -0.39 is 0 Å². The van der Waals surface area contributed by atoms with Crippen molar-refractivity contribution in [2.24, 2.45) is 11.1 Å². The van der Waals surface area contributed by atoms with Crippen LogP contribution in [0.25, 0.3) is 0 Å². The molecule has 0 aromatic carbocycles. The summed E-state index contributed by atoms with van der Waals surface area (Å²) in [6.07, 6.45) is 3.14. The lowest BCUT2D eigenvalue weighted by molar-refractivity contribution is -0.131. The minimum absolute atomic E-state index is 0.0548. The molecule has 86 valence electrons. The highest BCUT2D eigenvalue weighted by atomic mass is 16.2. The van der Waals surface area contributed by atoms with Gasteiger partial charge in [0.1, 0.15) is 0 Å². The van der Waals surface area contributed by atoms with Crippen molar-refractivity contribution in [3.05, 3.63) is 11.6 Å². The molecule has 2 N–H and O–H groups in total. The molecular weight excluding hydrogens is 188 g/mol. The van der Waals surface area contributed by atoms with Crippen LogP contribution in [0.4, 0.5) is 0 Å². The molecule has 3 nitrogen and oxygen atoms in total. The Bertz CT molecular complexity index is 274. The van der Waals surface area contributed by atoms with Gasteiger partial charge >= 0.3 is 0 Å². The van der Waals surface area contributed by atoms with E-state index in [9.17, 15) is 4.79 Å². The molecule has 0 radical (unpaired) electrons. The fraction of sp³-hybridized carbons (Fsp3) is 0.750. The summed E-state index contributed by atoms with van der Waals surface area (Å²) in [6.45, 7) is 9.90. The molecule has 0 aromatic rings. The number of carbonyl (C=O) groups excluding carboxylic acids is 1. The van der Waals surface area contributed by atoms with E-state index in [1.807, 2.05) is 4.90 Å². The molecule has 1 aliphatic heterocycles. The van der Waals surface area contributed by atoms with Gasteiger partial charge in [-0.15, -0.1) is 0 Å². The molecule has 0 saturated heterocycles. The lowest BCUT2D eigenvalue weighted by Crippen LogP contribution is -2.44. The average molecular weight is 210 g/mol. The van der Waals surface area contributed by atoms with Crippen LogP contribution in [0.1, 0.15) is 34.1 Å². The summed E-state index contributed by atoms with van der Waals surface area (Å²) in [7, 11) is 0. The van der Waals surface area contributed by atoms with Crippen LogP contribution in [0.15, 0.2) is 11.6 Å².